The van der Waals surface area contributed by atoms with Gasteiger partial charge in [0.1, 0.15) is 5.84 Å². The Bertz CT molecular complexity index is 572. The predicted octanol–water partition coefficient (Wildman–Crippen LogP) is 4.03. The van der Waals surface area contributed by atoms with E-state index in [-0.39, 0.29) is 0 Å². The largest absolute Gasteiger partial charge is 0.355 e. The van der Waals surface area contributed by atoms with Crippen LogP contribution in [-0.4, -0.2) is 17.8 Å². The van der Waals surface area contributed by atoms with E-state index in [1.54, 1.807) is 0 Å². The molecular weight excluding hydrogens is 240 g/mol. The third-order valence-electron chi connectivity index (χ3n) is 3.54. The molecule has 0 saturated carbocycles. The van der Waals surface area contributed by atoms with Gasteiger partial charge < -0.3 is 4.90 Å². The van der Waals surface area contributed by atoms with Gasteiger partial charge in [0.2, 0.25) is 0 Å². The van der Waals surface area contributed by atoms with E-state index in [4.69, 9.17) is 4.99 Å². The molecule has 0 aliphatic carbocycles. The van der Waals surface area contributed by atoms with Crippen LogP contribution < -0.4 is 0 Å². The van der Waals surface area contributed by atoms with Gasteiger partial charge in [-0.2, -0.15) is 0 Å². The van der Waals surface area contributed by atoms with E-state index in [1.807, 2.05) is 11.3 Å². The number of hydrogen-bond acceptors (Lipinski definition) is 3. The zero-order valence-corrected chi connectivity index (χ0v) is 11.4. The van der Waals surface area contributed by atoms with Gasteiger partial charge in [-0.25, -0.2) is 4.99 Å². The molecule has 1 unspecified atom stereocenters. The number of hydrogen-bond donors (Lipinski definition) is 0. The first kappa shape index (κ1) is 11.5. The molecule has 0 fully saturated rings. The molecule has 1 aliphatic heterocycles. The highest BCUT2D eigenvalue weighted by atomic mass is 32.1. The van der Waals surface area contributed by atoms with Crippen LogP contribution >= 0.6 is 11.3 Å². The Morgan fingerprint density at radius 3 is 2.83 bits per heavy atom. The molecule has 2 heterocycles. The minimum absolute atomic E-state index is 0.400. The maximum absolute atomic E-state index is 4.73. The molecule has 0 bridgehead atoms. The van der Waals surface area contributed by atoms with Gasteiger partial charge in [0, 0.05) is 11.9 Å². The van der Waals surface area contributed by atoms with E-state index in [2.05, 4.69) is 60.6 Å². The number of nitrogens with zero attached hydrogens (tertiary/aromatic N) is 2. The van der Waals surface area contributed by atoms with E-state index < -0.39 is 0 Å². The molecule has 2 nitrogen and oxygen atoms in total. The molecule has 2 aromatic rings. The second kappa shape index (κ2) is 4.58. The predicted molar refractivity (Wildman–Crippen MR) is 77.7 cm³/mol. The molecule has 0 radical (unpaired) electrons. The van der Waals surface area contributed by atoms with Crippen molar-refractivity contribution in [2.45, 2.75) is 19.4 Å². The second-order valence-corrected chi connectivity index (χ2v) is 5.61. The number of aliphatic imine (C=N–C) groups is 1. The average molecular weight is 256 g/mol. The normalized spacial score (nSPS) is 19.1. The molecule has 0 saturated heterocycles. The van der Waals surface area contributed by atoms with Gasteiger partial charge in [-0.1, -0.05) is 24.3 Å². The van der Waals surface area contributed by atoms with Crippen LogP contribution in [0.1, 0.15) is 23.4 Å². The molecule has 1 atom stereocenters. The smallest absolute Gasteiger partial charge is 0.102 e. The zero-order chi connectivity index (χ0) is 12.5. The fourth-order valence-corrected chi connectivity index (χ4v) is 3.26. The van der Waals surface area contributed by atoms with Crippen LogP contribution in [0.15, 0.2) is 46.8 Å². The molecule has 0 amide bonds. The summed E-state index contributed by atoms with van der Waals surface area (Å²) in [7, 11) is 2.13. The Kier molecular flexibility index (Phi) is 2.92. The minimum Gasteiger partial charge on any atom is -0.355 e. The van der Waals surface area contributed by atoms with Crippen molar-refractivity contribution in [1.82, 2.24) is 4.90 Å². The monoisotopic (exact) mass is 256 g/mol. The van der Waals surface area contributed by atoms with Crippen molar-refractivity contribution in [3.63, 3.8) is 0 Å². The molecule has 3 rings (SSSR count). The van der Waals surface area contributed by atoms with Crippen LogP contribution in [0.3, 0.4) is 0 Å². The van der Waals surface area contributed by atoms with Gasteiger partial charge >= 0.3 is 0 Å². The molecule has 1 aliphatic rings. The summed E-state index contributed by atoms with van der Waals surface area (Å²) in [5.74, 6) is 1.08. The van der Waals surface area contributed by atoms with Gasteiger partial charge in [-0.3, -0.25) is 0 Å². The van der Waals surface area contributed by atoms with Crippen LogP contribution in [0.2, 0.25) is 0 Å². The van der Waals surface area contributed by atoms with Crippen LogP contribution in [0.25, 0.3) is 0 Å². The third-order valence-corrected chi connectivity index (χ3v) is 4.51. The fraction of sp³-hybridized carbons (Fsp3) is 0.267. The number of thiophene rings is 1. The summed E-state index contributed by atoms with van der Waals surface area (Å²) in [6.45, 7) is 2.09. The molecule has 0 spiro atoms. The molecular formula is C15H16N2S. The lowest BCUT2D eigenvalue weighted by Crippen LogP contribution is -2.28. The highest BCUT2D eigenvalue weighted by molar-refractivity contribution is 7.10. The van der Waals surface area contributed by atoms with Gasteiger partial charge in [0.25, 0.3) is 0 Å². The van der Waals surface area contributed by atoms with Crippen molar-refractivity contribution in [3.8, 4) is 0 Å². The van der Waals surface area contributed by atoms with E-state index in [0.717, 1.165) is 17.9 Å². The van der Waals surface area contributed by atoms with Crippen molar-refractivity contribution in [2.75, 3.05) is 7.05 Å². The Morgan fingerprint density at radius 1 is 1.22 bits per heavy atom. The van der Waals surface area contributed by atoms with E-state index in [1.165, 1.54) is 10.4 Å². The van der Waals surface area contributed by atoms with Crippen LogP contribution in [0, 0.1) is 0 Å². The lowest BCUT2D eigenvalue weighted by Gasteiger charge is -2.27. The SMILES string of the molecule is CC1=Nc2ccccc2CC(c2cccs2)N1C. The lowest BCUT2D eigenvalue weighted by molar-refractivity contribution is 0.380. The second-order valence-electron chi connectivity index (χ2n) is 4.63. The Balaban J connectivity index is 2.07. The van der Waals surface area contributed by atoms with Crippen molar-refractivity contribution in [3.05, 3.63) is 52.2 Å². The van der Waals surface area contributed by atoms with E-state index in [9.17, 15) is 0 Å². The van der Waals surface area contributed by atoms with Crippen molar-refractivity contribution < 1.29 is 0 Å². The average Bonchev–Trinajstić information content (AvgIpc) is 2.86. The number of rotatable bonds is 1. The van der Waals surface area contributed by atoms with E-state index >= 15 is 0 Å². The Labute approximate surface area is 112 Å². The van der Waals surface area contributed by atoms with Gasteiger partial charge in [-0.15, -0.1) is 11.3 Å². The maximum atomic E-state index is 4.73. The highest BCUT2D eigenvalue weighted by Crippen LogP contribution is 2.34. The lowest BCUT2D eigenvalue weighted by atomic mass is 10.0. The molecule has 1 aromatic heterocycles. The van der Waals surface area contributed by atoms with Crippen LogP contribution in [-0.2, 0) is 6.42 Å². The summed E-state index contributed by atoms with van der Waals surface area (Å²) in [4.78, 5) is 8.42. The molecule has 1 aromatic carbocycles. The highest BCUT2D eigenvalue weighted by Gasteiger charge is 2.23. The number of likely N-dealkylation sites (N-methyl/N-ethyl adjacent to an activating group) is 1. The number of fused-ring (bicyclic) bond motifs is 1. The topological polar surface area (TPSA) is 15.6 Å². The van der Waals surface area contributed by atoms with Gasteiger partial charge in [0.15, 0.2) is 0 Å². The molecule has 18 heavy (non-hydrogen) atoms. The summed E-state index contributed by atoms with van der Waals surface area (Å²) in [5.41, 5.74) is 2.44. The maximum Gasteiger partial charge on any atom is 0.102 e. The quantitative estimate of drug-likeness (QED) is 0.752. The van der Waals surface area contributed by atoms with E-state index in [0.29, 0.717) is 6.04 Å². The molecule has 3 heteroatoms. The van der Waals surface area contributed by atoms with Crippen LogP contribution in [0.5, 0.6) is 0 Å². The third kappa shape index (κ3) is 1.95. The Morgan fingerprint density at radius 2 is 2.06 bits per heavy atom. The summed E-state index contributed by atoms with van der Waals surface area (Å²) >= 11 is 1.82. The number of benzene rings is 1. The van der Waals surface area contributed by atoms with Gasteiger partial charge in [0.05, 0.1) is 11.7 Å². The summed E-state index contributed by atoms with van der Waals surface area (Å²) < 4.78 is 0. The first-order valence-corrected chi connectivity index (χ1v) is 7.03. The standard InChI is InChI=1S/C15H16N2S/c1-11-16-13-7-4-3-6-12(13)10-14(17(11)2)15-8-5-9-18-15/h3-9,14H,10H2,1-2H3. The minimum atomic E-state index is 0.400. The van der Waals surface area contributed by atoms with Gasteiger partial charge in [-0.05, 0) is 36.4 Å². The first-order chi connectivity index (χ1) is 8.75. The van der Waals surface area contributed by atoms with Crippen molar-refractivity contribution in [1.29, 1.82) is 0 Å². The molecule has 0 N–H and O–H groups in total. The number of para-hydroxylation sites is 1. The fourth-order valence-electron chi connectivity index (χ4n) is 2.39. The molecule has 92 valence electrons. The first-order valence-electron chi connectivity index (χ1n) is 6.15. The number of amidine groups is 1. The summed E-state index contributed by atoms with van der Waals surface area (Å²) in [5, 5.41) is 2.15. The van der Waals surface area contributed by atoms with Crippen LogP contribution in [0.4, 0.5) is 5.69 Å². The zero-order valence-electron chi connectivity index (χ0n) is 10.6. The summed E-state index contributed by atoms with van der Waals surface area (Å²) in [6.07, 6.45) is 1.02. The summed E-state index contributed by atoms with van der Waals surface area (Å²) in [6, 6.07) is 13.2. The Hall–Kier alpha value is -1.61. The van der Waals surface area contributed by atoms with Crippen molar-refractivity contribution >= 4 is 22.9 Å². The van der Waals surface area contributed by atoms with Crippen molar-refractivity contribution in [2.24, 2.45) is 4.99 Å².